The molecule has 1 aromatic heterocycles. The van der Waals surface area contributed by atoms with Gasteiger partial charge in [-0.25, -0.2) is 4.79 Å². The van der Waals surface area contributed by atoms with E-state index in [1.807, 2.05) is 6.92 Å². The van der Waals surface area contributed by atoms with Crippen LogP contribution in [0.4, 0.5) is 0 Å². The van der Waals surface area contributed by atoms with Gasteiger partial charge >= 0.3 is 5.97 Å². The molecule has 3 aromatic rings. The van der Waals surface area contributed by atoms with E-state index < -0.39 is 5.97 Å². The van der Waals surface area contributed by atoms with Gasteiger partial charge in [0.15, 0.2) is 0 Å². The number of esters is 1. The summed E-state index contributed by atoms with van der Waals surface area (Å²) >= 11 is 0. The molecule has 0 aliphatic heterocycles. The monoisotopic (exact) mass is 323 g/mol. The molecule has 0 fully saturated rings. The summed E-state index contributed by atoms with van der Waals surface area (Å²) < 4.78 is 12.1. The Morgan fingerprint density at radius 3 is 2.46 bits per heavy atom. The normalized spacial score (nSPS) is 10.6. The minimum atomic E-state index is -0.512. The molecule has 2 aromatic carbocycles. The van der Waals surface area contributed by atoms with Crippen LogP contribution in [0.25, 0.3) is 10.8 Å². The van der Waals surface area contributed by atoms with Crippen molar-refractivity contribution in [1.82, 2.24) is 4.57 Å². The first kappa shape index (κ1) is 15.8. The molecule has 0 bridgehead atoms. The molecule has 0 N–H and O–H groups in total. The molecule has 0 aliphatic rings. The second-order valence-electron chi connectivity index (χ2n) is 5.25. The van der Waals surface area contributed by atoms with Crippen LogP contribution in [0.2, 0.25) is 0 Å². The number of aryl methyl sites for hydroxylation is 1. The van der Waals surface area contributed by atoms with Crippen molar-refractivity contribution in [2.45, 2.75) is 13.5 Å². The van der Waals surface area contributed by atoms with Crippen molar-refractivity contribution in [1.29, 1.82) is 0 Å². The molecule has 5 heteroatoms. The van der Waals surface area contributed by atoms with E-state index in [0.29, 0.717) is 34.4 Å². The topological polar surface area (TPSA) is 57.5 Å². The highest BCUT2D eigenvalue weighted by atomic mass is 16.5. The zero-order chi connectivity index (χ0) is 17.1. The first-order valence-electron chi connectivity index (χ1n) is 7.62. The van der Waals surface area contributed by atoms with Crippen LogP contribution in [0.5, 0.6) is 11.5 Å². The van der Waals surface area contributed by atoms with Crippen LogP contribution in [0.15, 0.2) is 59.5 Å². The van der Waals surface area contributed by atoms with Crippen molar-refractivity contribution in [3.63, 3.8) is 0 Å². The number of hydrogen-bond donors (Lipinski definition) is 0. The zero-order valence-corrected chi connectivity index (χ0v) is 13.5. The Morgan fingerprint density at radius 1 is 1.04 bits per heavy atom. The van der Waals surface area contributed by atoms with Crippen molar-refractivity contribution < 1.29 is 14.3 Å². The number of aromatic nitrogens is 1. The number of carbonyl (C=O) groups excluding carboxylic acids is 1. The number of benzene rings is 2. The van der Waals surface area contributed by atoms with Gasteiger partial charge in [0.25, 0.3) is 5.56 Å². The lowest BCUT2D eigenvalue weighted by molar-refractivity contribution is 0.0735. The minimum absolute atomic E-state index is 0.119. The summed E-state index contributed by atoms with van der Waals surface area (Å²) in [6, 6.07) is 13.9. The molecule has 0 saturated carbocycles. The largest absolute Gasteiger partial charge is 0.497 e. The summed E-state index contributed by atoms with van der Waals surface area (Å²) in [6.07, 6.45) is 1.55. The number of fused-ring (bicyclic) bond motifs is 1. The smallest absolute Gasteiger partial charge is 0.345 e. The fourth-order valence-electron chi connectivity index (χ4n) is 2.57. The Kier molecular flexibility index (Phi) is 4.33. The minimum Gasteiger partial charge on any atom is -0.497 e. The third kappa shape index (κ3) is 2.88. The lowest BCUT2D eigenvalue weighted by atomic mass is 10.1. The summed E-state index contributed by atoms with van der Waals surface area (Å²) in [5.74, 6) is 0.475. The first-order valence-corrected chi connectivity index (χ1v) is 7.62. The quantitative estimate of drug-likeness (QED) is 0.546. The van der Waals surface area contributed by atoms with Gasteiger partial charge in [-0.05, 0) is 25.1 Å². The Morgan fingerprint density at radius 2 is 1.75 bits per heavy atom. The summed E-state index contributed by atoms with van der Waals surface area (Å²) in [5, 5.41) is 1.08. The number of methoxy groups -OCH3 is 1. The van der Waals surface area contributed by atoms with Crippen molar-refractivity contribution in [2.75, 3.05) is 7.11 Å². The standard InChI is InChI=1S/C19H17NO4/c1-3-20-12-17(15-9-4-5-10-16(15)18(20)21)19(22)24-14-8-6-7-13(11-14)23-2/h4-12H,3H2,1-2H3. The van der Waals surface area contributed by atoms with Gasteiger partial charge in [-0.15, -0.1) is 0 Å². The molecule has 1 heterocycles. The van der Waals surface area contributed by atoms with Crippen LogP contribution in [0, 0.1) is 0 Å². The van der Waals surface area contributed by atoms with Crippen LogP contribution < -0.4 is 15.0 Å². The van der Waals surface area contributed by atoms with Crippen molar-refractivity contribution in [3.05, 3.63) is 70.6 Å². The highest BCUT2D eigenvalue weighted by Crippen LogP contribution is 2.22. The van der Waals surface area contributed by atoms with Gasteiger partial charge in [0.1, 0.15) is 11.5 Å². The number of ether oxygens (including phenoxy) is 2. The fourth-order valence-corrected chi connectivity index (χ4v) is 2.57. The van der Waals surface area contributed by atoms with E-state index in [4.69, 9.17) is 9.47 Å². The Bertz CT molecular complexity index is 959. The average molecular weight is 323 g/mol. The molecule has 0 atom stereocenters. The lowest BCUT2D eigenvalue weighted by Crippen LogP contribution is -2.22. The van der Waals surface area contributed by atoms with Crippen LogP contribution in [0.3, 0.4) is 0 Å². The van der Waals surface area contributed by atoms with E-state index >= 15 is 0 Å². The maximum Gasteiger partial charge on any atom is 0.345 e. The molecule has 122 valence electrons. The number of rotatable bonds is 4. The SMILES string of the molecule is CCn1cc(C(=O)Oc2cccc(OC)c2)c2ccccc2c1=O. The van der Waals surface area contributed by atoms with Gasteiger partial charge in [-0.3, -0.25) is 4.79 Å². The number of hydrogen-bond acceptors (Lipinski definition) is 4. The highest BCUT2D eigenvalue weighted by molar-refractivity contribution is 6.04. The van der Waals surface area contributed by atoms with Gasteiger partial charge in [0.05, 0.1) is 12.7 Å². The maximum absolute atomic E-state index is 12.6. The van der Waals surface area contributed by atoms with Gasteiger partial charge in [0.2, 0.25) is 0 Å². The maximum atomic E-state index is 12.6. The molecule has 0 radical (unpaired) electrons. The predicted octanol–water partition coefficient (Wildman–Crippen LogP) is 3.25. The third-order valence-corrected chi connectivity index (χ3v) is 3.81. The Balaban J connectivity index is 2.06. The highest BCUT2D eigenvalue weighted by Gasteiger charge is 2.16. The summed E-state index contributed by atoms with van der Waals surface area (Å²) in [7, 11) is 1.55. The fraction of sp³-hybridized carbons (Fsp3) is 0.158. The van der Waals surface area contributed by atoms with Crippen molar-refractivity contribution in [2.24, 2.45) is 0 Å². The molecule has 0 spiro atoms. The van der Waals surface area contributed by atoms with E-state index in [1.54, 1.807) is 61.8 Å². The molecular formula is C19H17NO4. The van der Waals surface area contributed by atoms with Gasteiger partial charge in [0, 0.05) is 29.6 Å². The van der Waals surface area contributed by atoms with E-state index in [-0.39, 0.29) is 5.56 Å². The van der Waals surface area contributed by atoms with Crippen molar-refractivity contribution >= 4 is 16.7 Å². The van der Waals surface area contributed by atoms with E-state index in [0.717, 1.165) is 0 Å². The van der Waals surface area contributed by atoms with Gasteiger partial charge in [-0.2, -0.15) is 0 Å². The molecule has 0 amide bonds. The number of nitrogens with zero attached hydrogens (tertiary/aromatic N) is 1. The lowest BCUT2D eigenvalue weighted by Gasteiger charge is -2.11. The molecule has 0 aliphatic carbocycles. The molecule has 24 heavy (non-hydrogen) atoms. The molecule has 3 rings (SSSR count). The first-order chi connectivity index (χ1) is 11.6. The second-order valence-corrected chi connectivity index (χ2v) is 5.25. The Labute approximate surface area is 139 Å². The molecule has 5 nitrogen and oxygen atoms in total. The zero-order valence-electron chi connectivity index (χ0n) is 13.5. The summed E-state index contributed by atoms with van der Waals surface area (Å²) in [5.41, 5.74) is 0.237. The number of carbonyl (C=O) groups is 1. The summed E-state index contributed by atoms with van der Waals surface area (Å²) in [6.45, 7) is 2.33. The van der Waals surface area contributed by atoms with Gasteiger partial charge in [-0.1, -0.05) is 24.3 Å². The van der Waals surface area contributed by atoms with Crippen LogP contribution in [-0.4, -0.2) is 17.6 Å². The summed E-state index contributed by atoms with van der Waals surface area (Å²) in [4.78, 5) is 25.0. The second kappa shape index (κ2) is 6.58. The molecular weight excluding hydrogens is 306 g/mol. The molecule has 0 saturated heterocycles. The van der Waals surface area contributed by atoms with Crippen molar-refractivity contribution in [3.8, 4) is 11.5 Å². The Hall–Kier alpha value is -3.08. The average Bonchev–Trinajstić information content (AvgIpc) is 2.62. The van der Waals surface area contributed by atoms with Gasteiger partial charge < -0.3 is 14.0 Å². The van der Waals surface area contributed by atoms with Crippen LogP contribution >= 0.6 is 0 Å². The van der Waals surface area contributed by atoms with Crippen LogP contribution in [0.1, 0.15) is 17.3 Å². The van der Waals surface area contributed by atoms with Crippen LogP contribution in [-0.2, 0) is 6.54 Å². The predicted molar refractivity (Wildman–Crippen MR) is 91.8 cm³/mol. The third-order valence-electron chi connectivity index (χ3n) is 3.81. The van der Waals surface area contributed by atoms with E-state index in [2.05, 4.69) is 0 Å². The molecule has 0 unspecified atom stereocenters. The van der Waals surface area contributed by atoms with E-state index in [1.165, 1.54) is 4.57 Å². The number of pyridine rings is 1. The van der Waals surface area contributed by atoms with E-state index in [9.17, 15) is 9.59 Å².